The molecule has 0 fully saturated rings. The third-order valence-corrected chi connectivity index (χ3v) is 4.08. The van der Waals surface area contributed by atoms with Crippen LogP contribution in [0.3, 0.4) is 0 Å². The van der Waals surface area contributed by atoms with Crippen LogP contribution in [-0.4, -0.2) is 11.5 Å². The van der Waals surface area contributed by atoms with Crippen LogP contribution in [0, 0.1) is 6.92 Å². The molecule has 0 saturated carbocycles. The van der Waals surface area contributed by atoms with E-state index < -0.39 is 0 Å². The Morgan fingerprint density at radius 3 is 2.83 bits per heavy atom. The van der Waals surface area contributed by atoms with Gasteiger partial charge in [0.1, 0.15) is 0 Å². The number of pyridine rings is 1. The molecule has 96 valence electrons. The van der Waals surface area contributed by atoms with Gasteiger partial charge in [0, 0.05) is 15.5 Å². The Bertz CT molecular complexity index is 493. The monoisotopic (exact) mass is 324 g/mol. The van der Waals surface area contributed by atoms with Crippen molar-refractivity contribution in [1.82, 2.24) is 10.3 Å². The Labute approximate surface area is 121 Å². The first kappa shape index (κ1) is 13.7. The Morgan fingerprint density at radius 1 is 1.44 bits per heavy atom. The Hall–Kier alpha value is -0.710. The van der Waals surface area contributed by atoms with Gasteiger partial charge in [0.2, 0.25) is 0 Å². The van der Waals surface area contributed by atoms with Gasteiger partial charge in [0.15, 0.2) is 0 Å². The zero-order chi connectivity index (χ0) is 13.0. The van der Waals surface area contributed by atoms with Crippen LogP contribution >= 0.6 is 27.3 Å². The number of rotatable bonds is 5. The minimum atomic E-state index is 0.197. The highest BCUT2D eigenvalue weighted by Gasteiger charge is 2.15. The summed E-state index contributed by atoms with van der Waals surface area (Å²) in [6.45, 7) is 5.31. The van der Waals surface area contributed by atoms with Crippen LogP contribution in [-0.2, 0) is 0 Å². The molecular formula is C14H17BrN2S. The number of aryl methyl sites for hydroxylation is 1. The quantitative estimate of drug-likeness (QED) is 0.886. The van der Waals surface area contributed by atoms with E-state index in [9.17, 15) is 0 Å². The summed E-state index contributed by atoms with van der Waals surface area (Å²) in [6.07, 6.45) is 2.98. The molecule has 1 atom stereocenters. The minimum absolute atomic E-state index is 0.197. The fourth-order valence-electron chi connectivity index (χ4n) is 1.85. The lowest BCUT2D eigenvalue weighted by Crippen LogP contribution is -2.23. The van der Waals surface area contributed by atoms with Gasteiger partial charge in [-0.2, -0.15) is 0 Å². The van der Waals surface area contributed by atoms with Gasteiger partial charge in [-0.05, 0) is 65.0 Å². The topological polar surface area (TPSA) is 24.9 Å². The summed E-state index contributed by atoms with van der Waals surface area (Å²) >= 11 is 5.21. The maximum absolute atomic E-state index is 4.51. The number of nitrogens with one attached hydrogen (secondary N) is 1. The highest BCUT2D eigenvalue weighted by molar-refractivity contribution is 9.10. The van der Waals surface area contributed by atoms with Crippen molar-refractivity contribution >= 4 is 27.3 Å². The van der Waals surface area contributed by atoms with Gasteiger partial charge in [-0.25, -0.2) is 0 Å². The molecule has 2 aromatic heterocycles. The molecule has 0 saturated heterocycles. The van der Waals surface area contributed by atoms with Crippen molar-refractivity contribution in [3.05, 3.63) is 50.4 Å². The Balaban J connectivity index is 2.27. The molecule has 2 nitrogen and oxygen atoms in total. The van der Waals surface area contributed by atoms with Crippen molar-refractivity contribution in [3.8, 4) is 0 Å². The largest absolute Gasteiger partial charge is 0.305 e. The summed E-state index contributed by atoms with van der Waals surface area (Å²) in [7, 11) is 0. The molecule has 0 aliphatic rings. The zero-order valence-electron chi connectivity index (χ0n) is 10.6. The van der Waals surface area contributed by atoms with Gasteiger partial charge in [-0.1, -0.05) is 6.92 Å². The van der Waals surface area contributed by atoms with Crippen molar-refractivity contribution in [3.63, 3.8) is 0 Å². The third kappa shape index (κ3) is 3.40. The molecule has 1 unspecified atom stereocenters. The fraction of sp³-hybridized carbons (Fsp3) is 0.357. The number of nitrogens with zero attached hydrogens (tertiary/aromatic N) is 1. The number of thiophene rings is 1. The van der Waals surface area contributed by atoms with E-state index in [4.69, 9.17) is 0 Å². The van der Waals surface area contributed by atoms with Crippen LogP contribution in [0.25, 0.3) is 0 Å². The van der Waals surface area contributed by atoms with Crippen molar-refractivity contribution in [2.24, 2.45) is 0 Å². The fourth-order valence-corrected chi connectivity index (χ4v) is 2.82. The van der Waals surface area contributed by atoms with Gasteiger partial charge in [0.25, 0.3) is 0 Å². The van der Waals surface area contributed by atoms with E-state index >= 15 is 0 Å². The SMILES string of the molecule is CCCNC(c1csc(C)c1)c1ccc(Br)cn1. The molecule has 4 heteroatoms. The van der Waals surface area contributed by atoms with Gasteiger partial charge < -0.3 is 5.32 Å². The average molecular weight is 325 g/mol. The zero-order valence-corrected chi connectivity index (χ0v) is 13.0. The van der Waals surface area contributed by atoms with Crippen molar-refractivity contribution < 1.29 is 0 Å². The smallest absolute Gasteiger partial charge is 0.0759 e. The van der Waals surface area contributed by atoms with E-state index in [-0.39, 0.29) is 6.04 Å². The van der Waals surface area contributed by atoms with E-state index in [1.54, 1.807) is 11.3 Å². The maximum atomic E-state index is 4.51. The van der Waals surface area contributed by atoms with Crippen LogP contribution in [0.2, 0.25) is 0 Å². The minimum Gasteiger partial charge on any atom is -0.305 e. The highest BCUT2D eigenvalue weighted by Crippen LogP contribution is 2.25. The number of hydrogen-bond acceptors (Lipinski definition) is 3. The maximum Gasteiger partial charge on any atom is 0.0759 e. The molecule has 2 aromatic rings. The average Bonchev–Trinajstić information content (AvgIpc) is 2.78. The van der Waals surface area contributed by atoms with Crippen LogP contribution in [0.4, 0.5) is 0 Å². The van der Waals surface area contributed by atoms with Gasteiger partial charge in [-0.3, -0.25) is 4.98 Å². The van der Waals surface area contributed by atoms with Crippen molar-refractivity contribution in [1.29, 1.82) is 0 Å². The van der Waals surface area contributed by atoms with Gasteiger partial charge in [0.05, 0.1) is 11.7 Å². The predicted octanol–water partition coefficient (Wildman–Crippen LogP) is 4.30. The first-order chi connectivity index (χ1) is 8.70. The number of aromatic nitrogens is 1. The molecule has 0 aliphatic carbocycles. The molecule has 0 amide bonds. The summed E-state index contributed by atoms with van der Waals surface area (Å²) < 4.78 is 1.02. The first-order valence-corrected chi connectivity index (χ1v) is 7.78. The molecule has 0 bridgehead atoms. The van der Waals surface area contributed by atoms with Crippen LogP contribution in [0.15, 0.2) is 34.2 Å². The van der Waals surface area contributed by atoms with Crippen molar-refractivity contribution in [2.45, 2.75) is 26.3 Å². The molecular weight excluding hydrogens is 308 g/mol. The predicted molar refractivity (Wildman–Crippen MR) is 81.1 cm³/mol. The summed E-state index contributed by atoms with van der Waals surface area (Å²) in [6, 6.07) is 6.55. The summed E-state index contributed by atoms with van der Waals surface area (Å²) in [5.74, 6) is 0. The summed E-state index contributed by atoms with van der Waals surface area (Å²) in [4.78, 5) is 5.85. The molecule has 18 heavy (non-hydrogen) atoms. The molecule has 0 aromatic carbocycles. The molecule has 0 radical (unpaired) electrons. The molecule has 0 spiro atoms. The van der Waals surface area contributed by atoms with E-state index in [0.717, 1.165) is 23.1 Å². The second-order valence-corrected chi connectivity index (χ2v) is 6.31. The van der Waals surface area contributed by atoms with Crippen LogP contribution < -0.4 is 5.32 Å². The lowest BCUT2D eigenvalue weighted by atomic mass is 10.1. The van der Waals surface area contributed by atoms with Crippen LogP contribution in [0.5, 0.6) is 0 Å². The number of halogens is 1. The van der Waals surface area contributed by atoms with Gasteiger partial charge >= 0.3 is 0 Å². The lowest BCUT2D eigenvalue weighted by Gasteiger charge is -2.17. The molecule has 2 heterocycles. The normalized spacial score (nSPS) is 12.6. The van der Waals surface area contributed by atoms with E-state index in [1.165, 1.54) is 10.4 Å². The summed E-state index contributed by atoms with van der Waals surface area (Å²) in [5, 5.41) is 5.78. The van der Waals surface area contributed by atoms with E-state index in [1.807, 2.05) is 12.3 Å². The molecule has 0 aliphatic heterocycles. The third-order valence-electron chi connectivity index (χ3n) is 2.73. The van der Waals surface area contributed by atoms with E-state index in [2.05, 4.69) is 57.6 Å². The molecule has 1 N–H and O–H groups in total. The number of hydrogen-bond donors (Lipinski definition) is 1. The highest BCUT2D eigenvalue weighted by atomic mass is 79.9. The second kappa shape index (κ2) is 6.45. The van der Waals surface area contributed by atoms with Gasteiger partial charge in [-0.15, -0.1) is 11.3 Å². The first-order valence-electron chi connectivity index (χ1n) is 6.10. The van der Waals surface area contributed by atoms with E-state index in [0.29, 0.717) is 0 Å². The lowest BCUT2D eigenvalue weighted by molar-refractivity contribution is 0.587. The standard InChI is InChI=1S/C14H17BrN2S/c1-3-6-16-14(11-7-10(2)18-9-11)13-5-4-12(15)8-17-13/h4-5,7-9,14,16H,3,6H2,1-2H3. The van der Waals surface area contributed by atoms with Crippen molar-refractivity contribution in [2.75, 3.05) is 6.54 Å². The Kier molecular flexibility index (Phi) is 4.92. The molecule has 2 rings (SSSR count). The second-order valence-electron chi connectivity index (χ2n) is 4.28. The Morgan fingerprint density at radius 2 is 2.28 bits per heavy atom. The van der Waals surface area contributed by atoms with Crippen LogP contribution in [0.1, 0.15) is 35.5 Å². The summed E-state index contributed by atoms with van der Waals surface area (Å²) in [5.41, 5.74) is 2.38.